The van der Waals surface area contributed by atoms with Crippen molar-refractivity contribution >= 4 is 10.5 Å². The third-order valence-corrected chi connectivity index (χ3v) is 2.91. The van der Waals surface area contributed by atoms with Gasteiger partial charge in [-0.05, 0) is 30.0 Å². The van der Waals surface area contributed by atoms with E-state index < -0.39 is 0 Å². The number of hydrogen-bond acceptors (Lipinski definition) is 1. The van der Waals surface area contributed by atoms with Crippen LogP contribution in [-0.2, 0) is 12.8 Å². The van der Waals surface area contributed by atoms with Gasteiger partial charge in [0.2, 0.25) is 10.5 Å². The maximum Gasteiger partial charge on any atom is 0.204 e. The number of benzene rings is 1. The van der Waals surface area contributed by atoms with Gasteiger partial charge in [-0.2, -0.15) is 0 Å². The minimum Gasteiger partial charge on any atom is -0.553 e. The Kier molecular flexibility index (Phi) is 4.74. The minimum absolute atomic E-state index is 0.784. The monoisotopic (exact) mass is 208 g/mol. The molecule has 0 aliphatic rings. The van der Waals surface area contributed by atoms with Crippen LogP contribution in [0.15, 0.2) is 18.2 Å². The van der Waals surface area contributed by atoms with E-state index in [9.17, 15) is 0 Å². The standard InChI is InChI=1S/C12H20OSi/c1-3-6-10-8-5-9-12(13-14)11(10)7-4-2/h5,8-9H,3-4,6-7H2,1-2,14H3. The summed E-state index contributed by atoms with van der Waals surface area (Å²) in [5.41, 5.74) is 2.91. The normalized spacial score (nSPS) is 10.4. The van der Waals surface area contributed by atoms with Crippen LogP contribution >= 0.6 is 0 Å². The second kappa shape index (κ2) is 5.86. The van der Waals surface area contributed by atoms with Gasteiger partial charge in [-0.3, -0.25) is 0 Å². The van der Waals surface area contributed by atoms with Gasteiger partial charge in [-0.25, -0.2) is 0 Å². The average molecular weight is 208 g/mol. The van der Waals surface area contributed by atoms with Gasteiger partial charge in [-0.1, -0.05) is 38.8 Å². The molecule has 0 amide bonds. The smallest absolute Gasteiger partial charge is 0.204 e. The zero-order valence-corrected chi connectivity index (χ0v) is 11.5. The molecule has 0 saturated carbocycles. The molecule has 0 unspecified atom stereocenters. The van der Waals surface area contributed by atoms with E-state index in [0.717, 1.165) is 22.7 Å². The fourth-order valence-electron chi connectivity index (χ4n) is 1.84. The van der Waals surface area contributed by atoms with Crippen LogP contribution in [-0.4, -0.2) is 10.5 Å². The van der Waals surface area contributed by atoms with Gasteiger partial charge in [0.1, 0.15) is 5.75 Å². The number of rotatable bonds is 5. The predicted molar refractivity (Wildman–Crippen MR) is 65.0 cm³/mol. The first kappa shape index (κ1) is 11.3. The molecular weight excluding hydrogens is 188 g/mol. The van der Waals surface area contributed by atoms with E-state index >= 15 is 0 Å². The maximum atomic E-state index is 5.52. The van der Waals surface area contributed by atoms with Crippen molar-refractivity contribution in [1.29, 1.82) is 0 Å². The molecule has 14 heavy (non-hydrogen) atoms. The molecule has 1 nitrogen and oxygen atoms in total. The van der Waals surface area contributed by atoms with Gasteiger partial charge in [0.25, 0.3) is 0 Å². The van der Waals surface area contributed by atoms with Crippen LogP contribution < -0.4 is 4.43 Å². The van der Waals surface area contributed by atoms with Crippen LogP contribution in [0.3, 0.4) is 0 Å². The summed E-state index contributed by atoms with van der Waals surface area (Å²) in [6.07, 6.45) is 4.72. The molecule has 1 rings (SSSR count). The van der Waals surface area contributed by atoms with Crippen molar-refractivity contribution in [3.63, 3.8) is 0 Å². The molecule has 1 aromatic rings. The van der Waals surface area contributed by atoms with Gasteiger partial charge in [0.15, 0.2) is 0 Å². The zero-order valence-electron chi connectivity index (χ0n) is 9.47. The van der Waals surface area contributed by atoms with Gasteiger partial charge in [-0.15, -0.1) is 0 Å². The Morgan fingerprint density at radius 3 is 2.43 bits per heavy atom. The molecule has 0 fully saturated rings. The Hall–Kier alpha value is -0.763. The highest BCUT2D eigenvalue weighted by Gasteiger charge is 2.06. The molecular formula is C12H20OSi. The largest absolute Gasteiger partial charge is 0.553 e. The van der Waals surface area contributed by atoms with E-state index in [1.54, 1.807) is 0 Å². The van der Waals surface area contributed by atoms with Crippen molar-refractivity contribution < 1.29 is 4.43 Å². The molecule has 0 saturated heterocycles. The maximum absolute atomic E-state index is 5.52. The predicted octanol–water partition coefficient (Wildman–Crippen LogP) is 2.25. The lowest BCUT2D eigenvalue weighted by Crippen LogP contribution is -1.98. The third kappa shape index (κ3) is 2.61. The van der Waals surface area contributed by atoms with Gasteiger partial charge in [0, 0.05) is 0 Å². The molecule has 0 N–H and O–H groups in total. The summed E-state index contributed by atoms with van der Waals surface area (Å²) < 4.78 is 5.52. The van der Waals surface area contributed by atoms with Gasteiger partial charge >= 0.3 is 0 Å². The van der Waals surface area contributed by atoms with Crippen molar-refractivity contribution in [2.75, 3.05) is 0 Å². The van der Waals surface area contributed by atoms with E-state index in [1.165, 1.54) is 30.4 Å². The van der Waals surface area contributed by atoms with Crippen molar-refractivity contribution in [2.45, 2.75) is 39.5 Å². The summed E-state index contributed by atoms with van der Waals surface area (Å²) in [7, 11) is 0.784. The van der Waals surface area contributed by atoms with Crippen LogP contribution in [0, 0.1) is 0 Å². The lowest BCUT2D eigenvalue weighted by atomic mass is 9.99. The Balaban J connectivity index is 3.00. The Morgan fingerprint density at radius 2 is 1.86 bits per heavy atom. The molecule has 0 spiro atoms. The van der Waals surface area contributed by atoms with Crippen LogP contribution in [0.1, 0.15) is 37.8 Å². The van der Waals surface area contributed by atoms with E-state index in [-0.39, 0.29) is 0 Å². The van der Waals surface area contributed by atoms with E-state index in [0.29, 0.717) is 0 Å². The first-order valence-electron chi connectivity index (χ1n) is 5.48. The minimum atomic E-state index is 0.784. The Labute approximate surface area is 90.0 Å². The van der Waals surface area contributed by atoms with Crippen LogP contribution in [0.5, 0.6) is 5.75 Å². The molecule has 0 aliphatic carbocycles. The molecule has 78 valence electrons. The van der Waals surface area contributed by atoms with E-state index in [4.69, 9.17) is 4.43 Å². The fraction of sp³-hybridized carbons (Fsp3) is 0.500. The van der Waals surface area contributed by atoms with Gasteiger partial charge < -0.3 is 4.43 Å². The lowest BCUT2D eigenvalue weighted by molar-refractivity contribution is 0.600. The van der Waals surface area contributed by atoms with Crippen LogP contribution in [0.4, 0.5) is 0 Å². The van der Waals surface area contributed by atoms with E-state index in [1.807, 2.05) is 0 Å². The van der Waals surface area contributed by atoms with Gasteiger partial charge in [0.05, 0.1) is 0 Å². The quantitative estimate of drug-likeness (QED) is 0.674. The summed E-state index contributed by atoms with van der Waals surface area (Å²) >= 11 is 0. The molecule has 2 heteroatoms. The second-order valence-corrected chi connectivity index (χ2v) is 4.01. The van der Waals surface area contributed by atoms with Crippen molar-refractivity contribution in [2.24, 2.45) is 0 Å². The van der Waals surface area contributed by atoms with Crippen LogP contribution in [0.25, 0.3) is 0 Å². The first-order chi connectivity index (χ1) is 6.83. The highest BCUT2D eigenvalue weighted by atomic mass is 28.2. The summed E-state index contributed by atoms with van der Waals surface area (Å²) in [4.78, 5) is 0. The molecule has 0 bridgehead atoms. The lowest BCUT2D eigenvalue weighted by Gasteiger charge is -2.13. The third-order valence-electron chi connectivity index (χ3n) is 2.47. The molecule has 1 aromatic carbocycles. The zero-order chi connectivity index (χ0) is 10.4. The van der Waals surface area contributed by atoms with Crippen molar-refractivity contribution in [3.05, 3.63) is 29.3 Å². The number of hydrogen-bond donors (Lipinski definition) is 0. The van der Waals surface area contributed by atoms with E-state index in [2.05, 4.69) is 32.0 Å². The molecule has 0 aliphatic heterocycles. The molecule has 0 aromatic heterocycles. The summed E-state index contributed by atoms with van der Waals surface area (Å²) in [5, 5.41) is 0. The van der Waals surface area contributed by atoms with Crippen molar-refractivity contribution in [3.8, 4) is 5.75 Å². The Bertz CT molecular complexity index is 284. The fourth-order valence-corrected chi connectivity index (χ4v) is 2.22. The molecule has 0 heterocycles. The average Bonchev–Trinajstić information content (AvgIpc) is 2.21. The first-order valence-corrected chi connectivity index (χ1v) is 6.29. The highest BCUT2D eigenvalue weighted by molar-refractivity contribution is 6.00. The summed E-state index contributed by atoms with van der Waals surface area (Å²) in [6, 6.07) is 6.44. The second-order valence-electron chi connectivity index (χ2n) is 3.60. The number of aryl methyl sites for hydroxylation is 1. The highest BCUT2D eigenvalue weighted by Crippen LogP contribution is 2.24. The molecule has 0 atom stereocenters. The topological polar surface area (TPSA) is 9.23 Å². The van der Waals surface area contributed by atoms with Crippen LogP contribution in [0.2, 0.25) is 0 Å². The summed E-state index contributed by atoms with van der Waals surface area (Å²) in [6.45, 7) is 4.45. The Morgan fingerprint density at radius 1 is 1.14 bits per heavy atom. The summed E-state index contributed by atoms with van der Waals surface area (Å²) in [5.74, 6) is 1.12. The van der Waals surface area contributed by atoms with Crippen molar-refractivity contribution in [1.82, 2.24) is 0 Å². The molecule has 0 radical (unpaired) electrons. The SMILES string of the molecule is CCCc1cccc(O[SiH3])c1CCC.